The fourth-order valence-corrected chi connectivity index (χ4v) is 2.26. The van der Waals surface area contributed by atoms with E-state index in [-0.39, 0.29) is 11.9 Å². The number of carbonyl (C=O) groups excluding carboxylic acids is 2. The summed E-state index contributed by atoms with van der Waals surface area (Å²) in [6, 6.07) is -0.940. The Morgan fingerprint density at radius 2 is 1.95 bits per heavy atom. The third kappa shape index (κ3) is 2.09. The van der Waals surface area contributed by atoms with Crippen molar-refractivity contribution < 1.29 is 14.2 Å². The van der Waals surface area contributed by atoms with Gasteiger partial charge in [-0.3, -0.25) is 20.3 Å². The highest BCUT2D eigenvalue weighted by atomic mass is 16.2. The van der Waals surface area contributed by atoms with Gasteiger partial charge in [-0.1, -0.05) is 18.8 Å². The zero-order valence-corrected chi connectivity index (χ0v) is 11.8. The Balaban J connectivity index is 2.29. The van der Waals surface area contributed by atoms with E-state index in [2.05, 4.69) is 18.8 Å². The van der Waals surface area contributed by atoms with Gasteiger partial charge in [-0.2, -0.15) is 0 Å². The number of hydrogen-bond donors (Lipinski definition) is 1. The van der Waals surface area contributed by atoms with Crippen molar-refractivity contribution in [2.45, 2.75) is 26.3 Å². The number of nitrogens with two attached hydrogens (primary N) is 1. The molecule has 0 aliphatic carbocycles. The number of carbonyl (C=O) groups is 2. The molecule has 1 atom stereocenters. The molecule has 2 rings (SSSR count). The van der Waals surface area contributed by atoms with Gasteiger partial charge in [0.1, 0.15) is 0 Å². The van der Waals surface area contributed by atoms with Crippen LogP contribution in [0.1, 0.15) is 20.3 Å². The fourth-order valence-electron chi connectivity index (χ4n) is 2.26. The molecule has 104 valence electrons. The molecule has 0 radical (unpaired) electrons. The molecule has 3 amide bonds. The molecule has 0 aromatic rings. The maximum Gasteiger partial charge on any atom is 0.387 e. The second-order valence-corrected chi connectivity index (χ2v) is 5.35. The van der Waals surface area contributed by atoms with E-state index < -0.39 is 6.04 Å². The highest BCUT2D eigenvalue weighted by Crippen LogP contribution is 2.18. The van der Waals surface area contributed by atoms with Gasteiger partial charge in [0.2, 0.25) is 11.9 Å². The maximum absolute atomic E-state index is 12.3. The minimum atomic E-state index is -0.563. The van der Waals surface area contributed by atoms with Crippen molar-refractivity contribution in [1.82, 2.24) is 9.80 Å². The summed E-state index contributed by atoms with van der Waals surface area (Å²) in [4.78, 5) is 30.8. The SMILES string of the molecule is CC(C)CC[N+]1=C(N)N=C2C1C(=O)N(C)C(=O)N2C. The van der Waals surface area contributed by atoms with Crippen LogP contribution in [0.25, 0.3) is 0 Å². The predicted molar refractivity (Wildman–Crippen MR) is 70.9 cm³/mol. The van der Waals surface area contributed by atoms with Gasteiger partial charge >= 0.3 is 12.0 Å². The first kappa shape index (κ1) is 13.5. The van der Waals surface area contributed by atoms with Crippen LogP contribution in [0.2, 0.25) is 0 Å². The van der Waals surface area contributed by atoms with Crippen LogP contribution < -0.4 is 5.73 Å². The van der Waals surface area contributed by atoms with Crippen LogP contribution >= 0.6 is 0 Å². The summed E-state index contributed by atoms with van der Waals surface area (Å²) in [5.41, 5.74) is 5.89. The Morgan fingerprint density at radius 1 is 1.32 bits per heavy atom. The van der Waals surface area contributed by atoms with Crippen LogP contribution in [0.5, 0.6) is 0 Å². The molecule has 0 saturated carbocycles. The first-order chi connectivity index (χ1) is 8.84. The molecule has 0 bridgehead atoms. The van der Waals surface area contributed by atoms with Crippen molar-refractivity contribution in [1.29, 1.82) is 0 Å². The Kier molecular flexibility index (Phi) is 3.30. The van der Waals surface area contributed by atoms with E-state index in [1.54, 1.807) is 11.6 Å². The van der Waals surface area contributed by atoms with Crippen LogP contribution in [0, 0.1) is 5.92 Å². The molecule has 7 heteroatoms. The van der Waals surface area contributed by atoms with E-state index in [0.717, 1.165) is 11.3 Å². The van der Waals surface area contributed by atoms with Gasteiger partial charge in [-0.05, 0) is 12.3 Å². The molecule has 0 aromatic heterocycles. The number of amides is 3. The fraction of sp³-hybridized carbons (Fsp3) is 0.667. The third-order valence-electron chi connectivity index (χ3n) is 3.51. The molecule has 0 spiro atoms. The molecular formula is C12H20N5O2+. The second-order valence-electron chi connectivity index (χ2n) is 5.35. The van der Waals surface area contributed by atoms with Gasteiger partial charge in [-0.25, -0.2) is 9.37 Å². The van der Waals surface area contributed by atoms with Crippen molar-refractivity contribution in [3.05, 3.63) is 0 Å². The second kappa shape index (κ2) is 4.64. The highest BCUT2D eigenvalue weighted by molar-refractivity contribution is 6.22. The lowest BCUT2D eigenvalue weighted by Gasteiger charge is -2.31. The Bertz CT molecular complexity index is 494. The average molecular weight is 266 g/mol. The maximum atomic E-state index is 12.3. The third-order valence-corrected chi connectivity index (χ3v) is 3.51. The van der Waals surface area contributed by atoms with Crippen molar-refractivity contribution in [3.63, 3.8) is 0 Å². The monoisotopic (exact) mass is 266 g/mol. The smallest absolute Gasteiger partial charge is 0.288 e. The van der Waals surface area contributed by atoms with Crippen LogP contribution in [0.4, 0.5) is 4.79 Å². The van der Waals surface area contributed by atoms with Crippen molar-refractivity contribution in [2.75, 3.05) is 20.6 Å². The van der Waals surface area contributed by atoms with Gasteiger partial charge in [0, 0.05) is 14.1 Å². The normalized spacial score (nSPS) is 23.4. The molecule has 0 aromatic carbocycles. The molecular weight excluding hydrogens is 246 g/mol. The number of likely N-dealkylation sites (N-methyl/N-ethyl adjacent to an activating group) is 2. The number of urea groups is 1. The summed E-state index contributed by atoms with van der Waals surface area (Å²) in [6.45, 7) is 4.87. The Morgan fingerprint density at radius 3 is 2.53 bits per heavy atom. The van der Waals surface area contributed by atoms with E-state index >= 15 is 0 Å². The van der Waals surface area contributed by atoms with Gasteiger partial charge in [-0.15, -0.1) is 0 Å². The molecule has 19 heavy (non-hydrogen) atoms. The standard InChI is InChI=1S/C12H19N5O2/c1-7(2)5-6-17-8-9(14-11(17)13)15(3)12(19)16(4)10(8)18/h7-8,13H,5-6H2,1-4H3/p+1. The topological polar surface area (TPSA) is 82.0 Å². The molecule has 2 aliphatic rings. The van der Waals surface area contributed by atoms with Gasteiger partial charge in [0.05, 0.1) is 6.54 Å². The van der Waals surface area contributed by atoms with Gasteiger partial charge in [0.25, 0.3) is 5.91 Å². The van der Waals surface area contributed by atoms with Crippen molar-refractivity contribution >= 4 is 23.7 Å². The molecule has 2 N–H and O–H groups in total. The number of amidine groups is 1. The van der Waals surface area contributed by atoms with Crippen LogP contribution in [-0.4, -0.2) is 64.8 Å². The number of aliphatic imine (C=N–C) groups is 1. The van der Waals surface area contributed by atoms with Crippen LogP contribution in [0.3, 0.4) is 0 Å². The zero-order chi connectivity index (χ0) is 14.3. The molecule has 7 nitrogen and oxygen atoms in total. The van der Waals surface area contributed by atoms with E-state index in [1.165, 1.54) is 11.9 Å². The Labute approximate surface area is 112 Å². The number of hydrogen-bond acceptors (Lipinski definition) is 4. The van der Waals surface area contributed by atoms with E-state index in [0.29, 0.717) is 24.3 Å². The molecule has 1 unspecified atom stereocenters. The van der Waals surface area contributed by atoms with Gasteiger partial charge < -0.3 is 0 Å². The van der Waals surface area contributed by atoms with Crippen molar-refractivity contribution in [3.8, 4) is 0 Å². The first-order valence-corrected chi connectivity index (χ1v) is 6.37. The molecule has 2 aliphatic heterocycles. The summed E-state index contributed by atoms with van der Waals surface area (Å²) >= 11 is 0. The largest absolute Gasteiger partial charge is 0.387 e. The average Bonchev–Trinajstić information content (AvgIpc) is 2.68. The predicted octanol–water partition coefficient (Wildman–Crippen LogP) is -0.336. The Hall–Kier alpha value is -1.92. The minimum Gasteiger partial charge on any atom is -0.288 e. The lowest BCUT2D eigenvalue weighted by molar-refractivity contribution is -0.537. The molecule has 1 fully saturated rings. The van der Waals surface area contributed by atoms with Crippen LogP contribution in [-0.2, 0) is 4.79 Å². The summed E-state index contributed by atoms with van der Waals surface area (Å²) in [6.07, 6.45) is 0.911. The number of imide groups is 1. The van der Waals surface area contributed by atoms with Crippen LogP contribution in [0.15, 0.2) is 4.99 Å². The number of guanidine groups is 1. The highest BCUT2D eigenvalue weighted by Gasteiger charge is 2.50. The van der Waals surface area contributed by atoms with E-state index in [1.807, 2.05) is 0 Å². The summed E-state index contributed by atoms with van der Waals surface area (Å²) in [7, 11) is 3.09. The zero-order valence-electron chi connectivity index (χ0n) is 11.8. The lowest BCUT2D eigenvalue weighted by Crippen LogP contribution is -2.61. The number of rotatable bonds is 3. The molecule has 2 heterocycles. The van der Waals surface area contributed by atoms with E-state index in [4.69, 9.17) is 5.73 Å². The number of nitrogens with zero attached hydrogens (tertiary/aromatic N) is 4. The van der Waals surface area contributed by atoms with E-state index in [9.17, 15) is 9.59 Å². The quantitative estimate of drug-likeness (QED) is 0.710. The molecule has 1 saturated heterocycles. The minimum absolute atomic E-state index is 0.272. The number of fused-ring (bicyclic) bond motifs is 1. The summed E-state index contributed by atoms with van der Waals surface area (Å²) in [5, 5.41) is 0. The first-order valence-electron chi connectivity index (χ1n) is 6.37. The van der Waals surface area contributed by atoms with Crippen molar-refractivity contribution in [2.24, 2.45) is 16.6 Å². The lowest BCUT2D eigenvalue weighted by atomic mass is 10.1. The van der Waals surface area contributed by atoms with Gasteiger partial charge in [0.15, 0.2) is 0 Å². The summed E-state index contributed by atoms with van der Waals surface area (Å²) in [5.74, 6) is 0.969. The summed E-state index contributed by atoms with van der Waals surface area (Å²) < 4.78 is 1.77.